The Hall–Kier alpha value is -1.62. The van der Waals surface area contributed by atoms with E-state index in [0.29, 0.717) is 5.57 Å². The Balaban J connectivity index is 2.00. The van der Waals surface area contributed by atoms with Gasteiger partial charge in [0.15, 0.2) is 0 Å². The lowest BCUT2D eigenvalue weighted by Gasteiger charge is -2.24. The number of fused-ring (bicyclic) bond motifs is 1. The molecule has 2 rings (SSSR count). The number of nitrogens with zero attached hydrogens (tertiary/aromatic N) is 1. The Bertz CT molecular complexity index is 466. The second kappa shape index (κ2) is 6.22. The van der Waals surface area contributed by atoms with Gasteiger partial charge in [0.05, 0.1) is 6.04 Å². The molecule has 1 saturated heterocycles. The zero-order valence-corrected chi connectivity index (χ0v) is 12.2. The lowest BCUT2D eigenvalue weighted by molar-refractivity contribution is -0.145. The summed E-state index contributed by atoms with van der Waals surface area (Å²) in [6.07, 6.45) is 4.49. The standard InChI is InChI=1S/C15H21NO4/c1-4-10(2)15(18)20-13-6-8-16-7-5-12(14(13)16)9-19-11(3)17/h4-5,13-14H,6-9H2,1-3H3/b10-4+. The van der Waals surface area contributed by atoms with E-state index in [4.69, 9.17) is 9.47 Å². The Morgan fingerprint density at radius 1 is 1.45 bits per heavy atom. The summed E-state index contributed by atoms with van der Waals surface area (Å²) < 4.78 is 10.7. The van der Waals surface area contributed by atoms with E-state index in [9.17, 15) is 9.59 Å². The van der Waals surface area contributed by atoms with Crippen LogP contribution in [0.2, 0.25) is 0 Å². The first kappa shape index (κ1) is 14.8. The van der Waals surface area contributed by atoms with Crippen molar-refractivity contribution in [2.45, 2.75) is 39.3 Å². The number of carbonyl (C=O) groups is 2. The smallest absolute Gasteiger partial charge is 0.333 e. The van der Waals surface area contributed by atoms with E-state index in [1.807, 2.05) is 6.92 Å². The predicted octanol–water partition coefficient (Wildman–Crippen LogP) is 1.44. The monoisotopic (exact) mass is 279 g/mol. The van der Waals surface area contributed by atoms with Gasteiger partial charge in [-0.2, -0.15) is 0 Å². The molecular formula is C15H21NO4. The Labute approximate surface area is 119 Å². The lowest BCUT2D eigenvalue weighted by atomic mass is 10.0. The zero-order chi connectivity index (χ0) is 14.7. The molecule has 2 atom stereocenters. The maximum absolute atomic E-state index is 11.9. The highest BCUT2D eigenvalue weighted by Gasteiger charge is 2.41. The minimum absolute atomic E-state index is 0.0583. The maximum atomic E-state index is 11.9. The van der Waals surface area contributed by atoms with E-state index in [-0.39, 0.29) is 30.7 Å². The summed E-state index contributed by atoms with van der Waals surface area (Å²) in [5.41, 5.74) is 1.65. The molecule has 5 nitrogen and oxygen atoms in total. The number of carbonyl (C=O) groups excluding carboxylic acids is 2. The third-order valence-electron chi connectivity index (χ3n) is 3.87. The van der Waals surface area contributed by atoms with Gasteiger partial charge in [-0.3, -0.25) is 9.69 Å². The number of rotatable bonds is 4. The van der Waals surface area contributed by atoms with Gasteiger partial charge in [-0.1, -0.05) is 12.2 Å². The van der Waals surface area contributed by atoms with Crippen molar-refractivity contribution in [1.29, 1.82) is 0 Å². The van der Waals surface area contributed by atoms with Gasteiger partial charge in [-0.25, -0.2) is 4.79 Å². The molecular weight excluding hydrogens is 258 g/mol. The van der Waals surface area contributed by atoms with Crippen LogP contribution in [0.15, 0.2) is 23.3 Å². The zero-order valence-electron chi connectivity index (χ0n) is 12.2. The predicted molar refractivity (Wildman–Crippen MR) is 74.0 cm³/mol. The van der Waals surface area contributed by atoms with Crippen molar-refractivity contribution < 1.29 is 19.1 Å². The van der Waals surface area contributed by atoms with Gasteiger partial charge in [0.25, 0.3) is 0 Å². The molecule has 0 aromatic heterocycles. The van der Waals surface area contributed by atoms with E-state index in [1.54, 1.807) is 13.0 Å². The fraction of sp³-hybridized carbons (Fsp3) is 0.600. The molecule has 0 spiro atoms. The fourth-order valence-electron chi connectivity index (χ4n) is 2.66. The fourth-order valence-corrected chi connectivity index (χ4v) is 2.66. The highest BCUT2D eigenvalue weighted by molar-refractivity contribution is 5.87. The van der Waals surface area contributed by atoms with Crippen LogP contribution in [0.3, 0.4) is 0 Å². The number of hydrogen-bond acceptors (Lipinski definition) is 5. The Morgan fingerprint density at radius 2 is 2.20 bits per heavy atom. The minimum atomic E-state index is -0.291. The topological polar surface area (TPSA) is 55.8 Å². The maximum Gasteiger partial charge on any atom is 0.333 e. The molecule has 0 saturated carbocycles. The van der Waals surface area contributed by atoms with E-state index in [1.165, 1.54) is 6.92 Å². The van der Waals surface area contributed by atoms with Crippen molar-refractivity contribution in [2.24, 2.45) is 0 Å². The summed E-state index contributed by atoms with van der Waals surface area (Å²) in [6, 6.07) is 0.0583. The first-order valence-electron chi connectivity index (χ1n) is 6.93. The van der Waals surface area contributed by atoms with E-state index < -0.39 is 0 Å². The summed E-state index contributed by atoms with van der Waals surface area (Å²) in [5, 5.41) is 0. The quantitative estimate of drug-likeness (QED) is 0.443. The molecule has 0 N–H and O–H groups in total. The number of allylic oxidation sites excluding steroid dienone is 1. The molecule has 0 aliphatic carbocycles. The summed E-state index contributed by atoms with van der Waals surface area (Å²) >= 11 is 0. The van der Waals surface area contributed by atoms with Crippen molar-refractivity contribution in [3.05, 3.63) is 23.3 Å². The van der Waals surface area contributed by atoms with Gasteiger partial charge >= 0.3 is 11.9 Å². The van der Waals surface area contributed by atoms with Crippen molar-refractivity contribution >= 4 is 11.9 Å². The van der Waals surface area contributed by atoms with Crippen molar-refractivity contribution in [2.75, 3.05) is 19.7 Å². The van der Waals surface area contributed by atoms with E-state index in [2.05, 4.69) is 11.0 Å². The average molecular weight is 279 g/mol. The summed E-state index contributed by atoms with van der Waals surface area (Å²) in [7, 11) is 0. The molecule has 0 aromatic rings. The van der Waals surface area contributed by atoms with Crippen LogP contribution in [0.25, 0.3) is 0 Å². The van der Waals surface area contributed by atoms with Crippen LogP contribution in [0.5, 0.6) is 0 Å². The highest BCUT2D eigenvalue weighted by Crippen LogP contribution is 2.31. The van der Waals surface area contributed by atoms with Crippen LogP contribution in [-0.2, 0) is 19.1 Å². The minimum Gasteiger partial charge on any atom is -0.461 e. The van der Waals surface area contributed by atoms with Gasteiger partial charge in [0, 0.05) is 25.6 Å². The number of esters is 2. The van der Waals surface area contributed by atoms with Gasteiger partial charge in [-0.15, -0.1) is 0 Å². The third-order valence-corrected chi connectivity index (χ3v) is 3.87. The SMILES string of the molecule is C/C=C(\C)C(=O)OC1CCN2CC=C(COC(C)=O)C12. The highest BCUT2D eigenvalue weighted by atomic mass is 16.5. The number of hydrogen-bond donors (Lipinski definition) is 0. The molecule has 0 bridgehead atoms. The van der Waals surface area contributed by atoms with Crippen molar-refractivity contribution in [3.8, 4) is 0 Å². The number of ether oxygens (including phenoxy) is 2. The second-order valence-electron chi connectivity index (χ2n) is 5.20. The van der Waals surface area contributed by atoms with E-state index in [0.717, 1.165) is 25.1 Å². The van der Waals surface area contributed by atoms with Crippen molar-refractivity contribution in [3.63, 3.8) is 0 Å². The van der Waals surface area contributed by atoms with Crippen LogP contribution in [0, 0.1) is 0 Å². The second-order valence-corrected chi connectivity index (χ2v) is 5.20. The molecule has 5 heteroatoms. The Kier molecular flexibility index (Phi) is 4.60. The first-order valence-corrected chi connectivity index (χ1v) is 6.93. The lowest BCUT2D eigenvalue weighted by Crippen LogP contribution is -2.36. The molecule has 2 aliphatic rings. The normalized spacial score (nSPS) is 26.1. The van der Waals surface area contributed by atoms with Gasteiger partial charge in [0.2, 0.25) is 0 Å². The van der Waals surface area contributed by atoms with Gasteiger partial charge in [0.1, 0.15) is 12.7 Å². The van der Waals surface area contributed by atoms with Gasteiger partial charge in [-0.05, 0) is 25.8 Å². The summed E-state index contributed by atoms with van der Waals surface area (Å²) in [5.74, 6) is -0.557. The Morgan fingerprint density at radius 3 is 2.85 bits per heavy atom. The average Bonchev–Trinajstić information content (AvgIpc) is 2.98. The van der Waals surface area contributed by atoms with Crippen LogP contribution < -0.4 is 0 Å². The van der Waals surface area contributed by atoms with Crippen LogP contribution in [0.1, 0.15) is 27.2 Å². The summed E-state index contributed by atoms with van der Waals surface area (Å²) in [6.45, 7) is 6.98. The van der Waals surface area contributed by atoms with Gasteiger partial charge < -0.3 is 9.47 Å². The first-order chi connectivity index (χ1) is 9.52. The molecule has 1 fully saturated rings. The van der Waals surface area contributed by atoms with Crippen LogP contribution in [0.4, 0.5) is 0 Å². The molecule has 0 aromatic carbocycles. The third kappa shape index (κ3) is 3.10. The molecule has 20 heavy (non-hydrogen) atoms. The van der Waals surface area contributed by atoms with E-state index >= 15 is 0 Å². The largest absolute Gasteiger partial charge is 0.461 e. The molecule has 2 heterocycles. The van der Waals surface area contributed by atoms with Crippen LogP contribution >= 0.6 is 0 Å². The van der Waals surface area contributed by atoms with Crippen molar-refractivity contribution in [1.82, 2.24) is 4.90 Å². The summed E-state index contributed by atoms with van der Waals surface area (Å²) in [4.78, 5) is 25.1. The molecule has 0 radical (unpaired) electrons. The molecule has 0 amide bonds. The molecule has 110 valence electrons. The van der Waals surface area contributed by atoms with Crippen LogP contribution in [-0.4, -0.2) is 48.7 Å². The molecule has 2 unspecified atom stereocenters. The molecule has 2 aliphatic heterocycles.